The van der Waals surface area contributed by atoms with E-state index in [4.69, 9.17) is 0 Å². The maximum Gasteiger partial charge on any atom is 0.325 e. The first-order valence-electron chi connectivity index (χ1n) is 5.72. The van der Waals surface area contributed by atoms with Gasteiger partial charge in [0.25, 0.3) is 15.6 Å². The fraction of sp³-hybridized carbons (Fsp3) is 0.167. The first-order chi connectivity index (χ1) is 9.29. The van der Waals surface area contributed by atoms with Crippen molar-refractivity contribution in [1.82, 2.24) is 9.97 Å². The minimum atomic E-state index is -4.06. The highest BCUT2D eigenvalue weighted by Crippen LogP contribution is 2.19. The molecule has 20 heavy (non-hydrogen) atoms. The molecule has 0 fully saturated rings. The van der Waals surface area contributed by atoms with E-state index in [1.807, 2.05) is 18.0 Å². The molecular weight excluding hydrogens is 282 g/mol. The number of anilines is 1. The molecule has 1 aromatic heterocycles. The predicted octanol–water partition coefficient (Wildman–Crippen LogP) is 0.481. The highest BCUT2D eigenvalue weighted by atomic mass is 32.2. The highest BCUT2D eigenvalue weighted by molar-refractivity contribution is 7.92. The van der Waals surface area contributed by atoms with Gasteiger partial charge in [0.15, 0.2) is 4.90 Å². The number of rotatable bonds is 3. The SMILES string of the molecule is Cc1ccc(C)c(NS(=O)(=O)c2c[nH]c(=O)[nH]c2=O)c1. The zero-order valence-electron chi connectivity index (χ0n) is 10.9. The van der Waals surface area contributed by atoms with Gasteiger partial charge in [0.05, 0.1) is 5.69 Å². The Morgan fingerprint density at radius 2 is 1.85 bits per heavy atom. The number of aryl methyl sites for hydroxylation is 2. The molecule has 1 heterocycles. The van der Waals surface area contributed by atoms with Gasteiger partial charge < -0.3 is 4.98 Å². The topological polar surface area (TPSA) is 112 Å². The fourth-order valence-electron chi connectivity index (χ4n) is 1.64. The molecule has 0 amide bonds. The highest BCUT2D eigenvalue weighted by Gasteiger charge is 2.19. The van der Waals surface area contributed by atoms with Crippen LogP contribution in [-0.2, 0) is 10.0 Å². The van der Waals surface area contributed by atoms with Crippen LogP contribution in [0.2, 0.25) is 0 Å². The Labute approximate surface area is 114 Å². The van der Waals surface area contributed by atoms with Crippen molar-refractivity contribution >= 4 is 15.7 Å². The van der Waals surface area contributed by atoms with Crippen LogP contribution in [0.3, 0.4) is 0 Å². The van der Waals surface area contributed by atoms with Crippen LogP contribution in [0.25, 0.3) is 0 Å². The number of sulfonamides is 1. The third-order valence-corrected chi connectivity index (χ3v) is 4.08. The molecular formula is C12H13N3O4S. The molecule has 0 saturated heterocycles. The Morgan fingerprint density at radius 1 is 1.15 bits per heavy atom. The van der Waals surface area contributed by atoms with E-state index in [9.17, 15) is 18.0 Å². The summed E-state index contributed by atoms with van der Waals surface area (Å²) >= 11 is 0. The largest absolute Gasteiger partial charge is 0.325 e. The van der Waals surface area contributed by atoms with E-state index in [1.165, 1.54) is 0 Å². The van der Waals surface area contributed by atoms with Crippen LogP contribution in [0, 0.1) is 13.8 Å². The predicted molar refractivity (Wildman–Crippen MR) is 74.4 cm³/mol. The van der Waals surface area contributed by atoms with Crippen molar-refractivity contribution in [2.75, 3.05) is 4.72 Å². The van der Waals surface area contributed by atoms with Gasteiger partial charge in [0.2, 0.25) is 0 Å². The van der Waals surface area contributed by atoms with Crippen LogP contribution in [0.4, 0.5) is 5.69 Å². The van der Waals surface area contributed by atoms with Gasteiger partial charge in [-0.05, 0) is 31.0 Å². The molecule has 0 unspecified atom stereocenters. The number of benzene rings is 1. The average Bonchev–Trinajstić information content (AvgIpc) is 2.33. The smallest absolute Gasteiger partial charge is 0.313 e. The lowest BCUT2D eigenvalue weighted by Gasteiger charge is -2.10. The molecule has 0 atom stereocenters. The number of H-pyrrole nitrogens is 2. The molecule has 8 heteroatoms. The number of hydrogen-bond acceptors (Lipinski definition) is 4. The summed E-state index contributed by atoms with van der Waals surface area (Å²) in [6, 6.07) is 5.27. The van der Waals surface area contributed by atoms with Gasteiger partial charge in [-0.15, -0.1) is 0 Å². The van der Waals surface area contributed by atoms with Crippen LogP contribution in [0.1, 0.15) is 11.1 Å². The van der Waals surface area contributed by atoms with E-state index < -0.39 is 26.2 Å². The Hall–Kier alpha value is -2.35. The van der Waals surface area contributed by atoms with Gasteiger partial charge in [-0.1, -0.05) is 12.1 Å². The molecule has 0 aliphatic carbocycles. The third-order valence-electron chi connectivity index (χ3n) is 2.71. The second-order valence-electron chi connectivity index (χ2n) is 4.36. The van der Waals surface area contributed by atoms with Gasteiger partial charge in [-0.3, -0.25) is 14.5 Å². The average molecular weight is 295 g/mol. The molecule has 0 saturated carbocycles. The minimum absolute atomic E-state index is 0.385. The standard InChI is InChI=1S/C12H13N3O4S/c1-7-3-4-8(2)9(5-7)15-20(18,19)10-6-13-12(17)14-11(10)16/h3-6,15H,1-2H3,(H2,13,14,16,17). The summed E-state index contributed by atoms with van der Waals surface area (Å²) in [5, 5.41) is 0. The quantitative estimate of drug-likeness (QED) is 0.764. The normalized spacial score (nSPS) is 11.3. The molecule has 0 bridgehead atoms. The number of hydrogen-bond donors (Lipinski definition) is 3. The van der Waals surface area contributed by atoms with Crippen LogP contribution in [0.5, 0.6) is 0 Å². The summed E-state index contributed by atoms with van der Waals surface area (Å²) in [4.78, 5) is 25.9. The second-order valence-corrected chi connectivity index (χ2v) is 6.01. The maximum atomic E-state index is 12.1. The summed E-state index contributed by atoms with van der Waals surface area (Å²) in [5.74, 6) is 0. The van der Waals surface area contributed by atoms with Gasteiger partial charge in [0, 0.05) is 6.20 Å². The van der Waals surface area contributed by atoms with E-state index in [0.717, 1.165) is 17.3 Å². The summed E-state index contributed by atoms with van der Waals surface area (Å²) in [5.41, 5.74) is 0.256. The van der Waals surface area contributed by atoms with Gasteiger partial charge in [-0.2, -0.15) is 0 Å². The van der Waals surface area contributed by atoms with Crippen molar-refractivity contribution < 1.29 is 8.42 Å². The van der Waals surface area contributed by atoms with Crippen LogP contribution < -0.4 is 16.0 Å². The van der Waals surface area contributed by atoms with E-state index in [1.54, 1.807) is 19.1 Å². The molecule has 106 valence electrons. The lowest BCUT2D eigenvalue weighted by molar-refractivity contribution is 0.599. The molecule has 7 nitrogen and oxygen atoms in total. The molecule has 0 spiro atoms. The van der Waals surface area contributed by atoms with E-state index >= 15 is 0 Å². The van der Waals surface area contributed by atoms with Crippen molar-refractivity contribution in [3.8, 4) is 0 Å². The molecule has 0 aliphatic heterocycles. The summed E-state index contributed by atoms with van der Waals surface area (Å²) < 4.78 is 26.6. The van der Waals surface area contributed by atoms with Crippen LogP contribution >= 0.6 is 0 Å². The second kappa shape index (κ2) is 4.97. The molecule has 0 radical (unpaired) electrons. The number of nitrogens with one attached hydrogen (secondary N) is 3. The molecule has 2 rings (SSSR count). The minimum Gasteiger partial charge on any atom is -0.313 e. The Morgan fingerprint density at radius 3 is 2.50 bits per heavy atom. The Balaban J connectivity index is 2.49. The zero-order chi connectivity index (χ0) is 14.9. The van der Waals surface area contributed by atoms with Crippen molar-refractivity contribution in [3.63, 3.8) is 0 Å². The molecule has 3 N–H and O–H groups in total. The number of aromatic nitrogens is 2. The lowest BCUT2D eigenvalue weighted by atomic mass is 10.1. The Kier molecular flexibility index (Phi) is 3.49. The maximum absolute atomic E-state index is 12.1. The van der Waals surface area contributed by atoms with Crippen molar-refractivity contribution in [2.45, 2.75) is 18.7 Å². The van der Waals surface area contributed by atoms with Crippen molar-refractivity contribution in [2.24, 2.45) is 0 Å². The molecule has 0 aliphatic rings. The van der Waals surface area contributed by atoms with E-state index in [-0.39, 0.29) is 0 Å². The van der Waals surface area contributed by atoms with Crippen LogP contribution in [0.15, 0.2) is 38.9 Å². The summed E-state index contributed by atoms with van der Waals surface area (Å²) in [6.07, 6.45) is 0.870. The van der Waals surface area contributed by atoms with Crippen molar-refractivity contribution in [3.05, 3.63) is 56.4 Å². The van der Waals surface area contributed by atoms with E-state index in [0.29, 0.717) is 5.69 Å². The zero-order valence-corrected chi connectivity index (χ0v) is 11.7. The molecule has 1 aromatic carbocycles. The first-order valence-corrected chi connectivity index (χ1v) is 7.20. The fourth-order valence-corrected chi connectivity index (χ4v) is 2.77. The lowest BCUT2D eigenvalue weighted by Crippen LogP contribution is -2.29. The van der Waals surface area contributed by atoms with Gasteiger partial charge in [-0.25, -0.2) is 13.2 Å². The first kappa shape index (κ1) is 14.1. The van der Waals surface area contributed by atoms with Gasteiger partial charge >= 0.3 is 5.69 Å². The van der Waals surface area contributed by atoms with Gasteiger partial charge in [0.1, 0.15) is 0 Å². The monoisotopic (exact) mass is 295 g/mol. The van der Waals surface area contributed by atoms with Crippen LogP contribution in [-0.4, -0.2) is 18.4 Å². The summed E-state index contributed by atoms with van der Waals surface area (Å²) in [7, 11) is -4.06. The Bertz CT molecular complexity index is 865. The summed E-state index contributed by atoms with van der Waals surface area (Å²) in [6.45, 7) is 3.57. The van der Waals surface area contributed by atoms with Crippen molar-refractivity contribution in [1.29, 1.82) is 0 Å². The third kappa shape index (κ3) is 2.80. The molecule has 2 aromatic rings. The number of aromatic amines is 2. The van der Waals surface area contributed by atoms with E-state index in [2.05, 4.69) is 9.71 Å².